The van der Waals surface area contributed by atoms with Crippen LogP contribution in [0.5, 0.6) is 5.75 Å². The van der Waals surface area contributed by atoms with Crippen LogP contribution in [-0.4, -0.2) is 18.4 Å². The van der Waals surface area contributed by atoms with Crippen LogP contribution in [0.1, 0.15) is 18.9 Å². The van der Waals surface area contributed by atoms with Crippen molar-refractivity contribution >= 4 is 28.9 Å². The van der Waals surface area contributed by atoms with Crippen LogP contribution in [0.25, 0.3) is 0 Å². The molecule has 0 unspecified atom stereocenters. The standard InChI is InChI=1S/C24H25N3O3/c1-2-23(28)26-20-13-11-19(12-14-20)25-16-24(29)27-21-9-6-10-22(15-21)30-17-18-7-4-3-5-8-18/h3-15,25H,2,16-17H2,1H3,(H,26,28)(H,27,29). The van der Waals surface area contributed by atoms with Gasteiger partial charge in [-0.3, -0.25) is 9.59 Å². The summed E-state index contributed by atoms with van der Waals surface area (Å²) in [6.45, 7) is 2.39. The number of anilines is 3. The Kier molecular flexibility index (Phi) is 7.44. The van der Waals surface area contributed by atoms with Crippen LogP contribution in [0.3, 0.4) is 0 Å². The van der Waals surface area contributed by atoms with Gasteiger partial charge in [0.25, 0.3) is 0 Å². The average Bonchev–Trinajstić information content (AvgIpc) is 2.78. The van der Waals surface area contributed by atoms with Crippen molar-refractivity contribution in [2.75, 3.05) is 22.5 Å². The van der Waals surface area contributed by atoms with Crippen molar-refractivity contribution < 1.29 is 14.3 Å². The molecule has 0 aliphatic rings. The summed E-state index contributed by atoms with van der Waals surface area (Å²) in [6, 6.07) is 24.4. The maximum Gasteiger partial charge on any atom is 0.243 e. The molecule has 0 radical (unpaired) electrons. The van der Waals surface area contributed by atoms with Crippen LogP contribution in [0.4, 0.5) is 17.1 Å². The lowest BCUT2D eigenvalue weighted by Gasteiger charge is -2.11. The Morgan fingerprint density at radius 2 is 1.47 bits per heavy atom. The number of nitrogens with one attached hydrogen (secondary N) is 3. The summed E-state index contributed by atoms with van der Waals surface area (Å²) in [5, 5.41) is 8.71. The van der Waals surface area contributed by atoms with Crippen molar-refractivity contribution in [2.24, 2.45) is 0 Å². The van der Waals surface area contributed by atoms with E-state index < -0.39 is 0 Å². The molecular formula is C24H25N3O3. The van der Waals surface area contributed by atoms with Gasteiger partial charge in [-0.05, 0) is 42.0 Å². The number of carbonyl (C=O) groups excluding carboxylic acids is 2. The topological polar surface area (TPSA) is 79.5 Å². The van der Waals surface area contributed by atoms with E-state index in [4.69, 9.17) is 4.74 Å². The van der Waals surface area contributed by atoms with Gasteiger partial charge < -0.3 is 20.7 Å². The molecule has 0 saturated carbocycles. The molecule has 0 fully saturated rings. The van der Waals surface area contributed by atoms with Crippen LogP contribution in [0.15, 0.2) is 78.9 Å². The predicted octanol–water partition coefficient (Wildman–Crippen LogP) is 4.66. The number of rotatable bonds is 9. The lowest BCUT2D eigenvalue weighted by atomic mass is 10.2. The Balaban J connectivity index is 1.47. The average molecular weight is 403 g/mol. The third-order valence-corrected chi connectivity index (χ3v) is 4.31. The Labute approximate surface area is 176 Å². The lowest BCUT2D eigenvalue weighted by Crippen LogP contribution is -2.21. The molecule has 3 N–H and O–H groups in total. The molecule has 3 aromatic rings. The molecule has 0 atom stereocenters. The monoisotopic (exact) mass is 403 g/mol. The second kappa shape index (κ2) is 10.7. The van der Waals surface area contributed by atoms with Gasteiger partial charge in [0.2, 0.25) is 11.8 Å². The molecule has 6 nitrogen and oxygen atoms in total. The van der Waals surface area contributed by atoms with Gasteiger partial charge in [-0.2, -0.15) is 0 Å². The Morgan fingerprint density at radius 1 is 0.767 bits per heavy atom. The highest BCUT2D eigenvalue weighted by Gasteiger charge is 2.05. The fourth-order valence-corrected chi connectivity index (χ4v) is 2.71. The maximum absolute atomic E-state index is 12.3. The molecule has 0 heterocycles. The van der Waals surface area contributed by atoms with Crippen LogP contribution in [0, 0.1) is 0 Å². The molecule has 30 heavy (non-hydrogen) atoms. The largest absolute Gasteiger partial charge is 0.489 e. The number of hydrogen-bond donors (Lipinski definition) is 3. The fraction of sp³-hybridized carbons (Fsp3) is 0.167. The van der Waals surface area contributed by atoms with Crippen molar-refractivity contribution in [3.05, 3.63) is 84.4 Å². The Bertz CT molecular complexity index is 973. The van der Waals surface area contributed by atoms with Crippen molar-refractivity contribution in [2.45, 2.75) is 20.0 Å². The molecule has 2 amide bonds. The summed E-state index contributed by atoms with van der Waals surface area (Å²) in [4.78, 5) is 23.7. The molecule has 0 aliphatic heterocycles. The van der Waals surface area contributed by atoms with Crippen LogP contribution in [0.2, 0.25) is 0 Å². The highest BCUT2D eigenvalue weighted by molar-refractivity contribution is 5.94. The van der Waals surface area contributed by atoms with E-state index in [9.17, 15) is 9.59 Å². The zero-order chi connectivity index (χ0) is 21.2. The predicted molar refractivity (Wildman–Crippen MR) is 120 cm³/mol. The minimum atomic E-state index is -0.168. The molecule has 3 rings (SSSR count). The molecule has 0 aromatic heterocycles. The lowest BCUT2D eigenvalue weighted by molar-refractivity contribution is -0.116. The number of carbonyl (C=O) groups is 2. The van der Waals surface area contributed by atoms with Crippen LogP contribution < -0.4 is 20.7 Å². The van der Waals surface area contributed by atoms with E-state index in [1.165, 1.54) is 0 Å². The van der Waals surface area contributed by atoms with Crippen molar-refractivity contribution in [1.82, 2.24) is 0 Å². The van der Waals surface area contributed by atoms with Crippen LogP contribution >= 0.6 is 0 Å². The summed E-state index contributed by atoms with van der Waals surface area (Å²) in [5.41, 5.74) is 3.27. The molecule has 154 valence electrons. The van der Waals surface area contributed by atoms with Crippen molar-refractivity contribution in [3.63, 3.8) is 0 Å². The number of amides is 2. The smallest absolute Gasteiger partial charge is 0.243 e. The third-order valence-electron chi connectivity index (χ3n) is 4.31. The first kappa shape index (κ1) is 20.9. The first-order chi connectivity index (χ1) is 14.6. The highest BCUT2D eigenvalue weighted by Crippen LogP contribution is 2.19. The molecule has 0 saturated heterocycles. The normalized spacial score (nSPS) is 10.2. The van der Waals surface area contributed by atoms with Gasteiger partial charge in [0.1, 0.15) is 12.4 Å². The molecule has 0 bridgehead atoms. The van der Waals surface area contributed by atoms with Gasteiger partial charge in [0, 0.05) is 29.5 Å². The van der Waals surface area contributed by atoms with Crippen molar-refractivity contribution in [3.8, 4) is 5.75 Å². The third kappa shape index (κ3) is 6.67. The summed E-state index contributed by atoms with van der Waals surface area (Å²) in [5.74, 6) is 0.484. The summed E-state index contributed by atoms with van der Waals surface area (Å²) < 4.78 is 5.79. The first-order valence-corrected chi connectivity index (χ1v) is 9.83. The minimum absolute atomic E-state index is 0.0370. The quantitative estimate of drug-likeness (QED) is 0.485. The minimum Gasteiger partial charge on any atom is -0.489 e. The van der Waals surface area contributed by atoms with E-state index >= 15 is 0 Å². The van der Waals surface area contributed by atoms with Gasteiger partial charge >= 0.3 is 0 Å². The summed E-state index contributed by atoms with van der Waals surface area (Å²) >= 11 is 0. The maximum atomic E-state index is 12.3. The van der Waals surface area contributed by atoms with E-state index in [1.807, 2.05) is 60.7 Å². The summed E-state index contributed by atoms with van der Waals surface area (Å²) in [6.07, 6.45) is 0.429. The molecule has 3 aromatic carbocycles. The van der Waals surface area contributed by atoms with Gasteiger partial charge in [-0.1, -0.05) is 43.3 Å². The summed E-state index contributed by atoms with van der Waals surface area (Å²) in [7, 11) is 0. The molecule has 6 heteroatoms. The van der Waals surface area contributed by atoms with E-state index in [-0.39, 0.29) is 18.4 Å². The van der Waals surface area contributed by atoms with E-state index in [2.05, 4.69) is 16.0 Å². The number of ether oxygens (including phenoxy) is 1. The van der Waals surface area contributed by atoms with Gasteiger partial charge in [-0.15, -0.1) is 0 Å². The van der Waals surface area contributed by atoms with E-state index in [0.29, 0.717) is 24.5 Å². The fourth-order valence-electron chi connectivity index (χ4n) is 2.71. The van der Waals surface area contributed by atoms with Crippen LogP contribution in [-0.2, 0) is 16.2 Å². The Morgan fingerprint density at radius 3 is 2.20 bits per heavy atom. The molecular weight excluding hydrogens is 378 g/mol. The molecule has 0 aliphatic carbocycles. The number of benzene rings is 3. The van der Waals surface area contributed by atoms with Gasteiger partial charge in [0.05, 0.1) is 6.54 Å². The first-order valence-electron chi connectivity index (χ1n) is 9.83. The second-order valence-corrected chi connectivity index (χ2v) is 6.68. The highest BCUT2D eigenvalue weighted by atomic mass is 16.5. The van der Waals surface area contributed by atoms with Gasteiger partial charge in [-0.25, -0.2) is 0 Å². The molecule has 0 spiro atoms. The van der Waals surface area contributed by atoms with E-state index in [0.717, 1.165) is 16.9 Å². The Hall–Kier alpha value is -3.80. The second-order valence-electron chi connectivity index (χ2n) is 6.68. The SMILES string of the molecule is CCC(=O)Nc1ccc(NCC(=O)Nc2cccc(OCc3ccccc3)c2)cc1. The zero-order valence-corrected chi connectivity index (χ0v) is 16.9. The number of hydrogen-bond acceptors (Lipinski definition) is 4. The van der Waals surface area contributed by atoms with E-state index in [1.54, 1.807) is 25.1 Å². The van der Waals surface area contributed by atoms with Gasteiger partial charge in [0.15, 0.2) is 0 Å². The van der Waals surface area contributed by atoms with Crippen molar-refractivity contribution in [1.29, 1.82) is 0 Å². The zero-order valence-electron chi connectivity index (χ0n) is 16.9.